The van der Waals surface area contributed by atoms with Crippen LogP contribution in [0.3, 0.4) is 0 Å². The Morgan fingerprint density at radius 2 is 2.13 bits per heavy atom. The number of carbonyl (C=O) groups is 1. The third kappa shape index (κ3) is 1.51. The van der Waals surface area contributed by atoms with Crippen molar-refractivity contribution in [2.45, 2.75) is 44.6 Å². The first-order valence-electron chi connectivity index (χ1n) is 6.11. The molecule has 2 nitrogen and oxygen atoms in total. The molecule has 0 aromatic rings. The Bertz CT molecular complexity index is 308. The summed E-state index contributed by atoms with van der Waals surface area (Å²) in [5.74, 6) is 1.95. The van der Waals surface area contributed by atoms with Crippen molar-refractivity contribution in [2.75, 3.05) is 0 Å². The van der Waals surface area contributed by atoms with Crippen LogP contribution >= 0.6 is 0 Å². The minimum Gasteiger partial charge on any atom is -0.462 e. The molecule has 1 aliphatic heterocycles. The summed E-state index contributed by atoms with van der Waals surface area (Å²) in [5, 5.41) is 0. The van der Waals surface area contributed by atoms with Crippen LogP contribution in [-0.4, -0.2) is 12.1 Å². The minimum atomic E-state index is 0.0225. The number of ether oxygens (including phenoxy) is 1. The minimum absolute atomic E-state index is 0.0225. The van der Waals surface area contributed by atoms with Gasteiger partial charge in [0.05, 0.1) is 6.42 Å². The molecular weight excluding hydrogens is 188 g/mol. The standard InChI is InChI=1S/C13H18O2/c1-8-3-2-4-9-6-12-10(5-11(8)9)7-13(14)15-12/h9-12H,1-7H2. The second-order valence-corrected chi connectivity index (χ2v) is 5.38. The van der Waals surface area contributed by atoms with Crippen LogP contribution in [0.5, 0.6) is 0 Å². The van der Waals surface area contributed by atoms with Crippen LogP contribution < -0.4 is 0 Å². The summed E-state index contributed by atoms with van der Waals surface area (Å²) in [4.78, 5) is 11.3. The van der Waals surface area contributed by atoms with Gasteiger partial charge in [-0.15, -0.1) is 0 Å². The average Bonchev–Trinajstić information content (AvgIpc) is 2.55. The van der Waals surface area contributed by atoms with Gasteiger partial charge in [-0.05, 0) is 43.9 Å². The van der Waals surface area contributed by atoms with Crippen LogP contribution in [0.25, 0.3) is 0 Å². The van der Waals surface area contributed by atoms with Gasteiger partial charge in [0.1, 0.15) is 6.10 Å². The number of allylic oxidation sites excluding steroid dienone is 1. The summed E-state index contributed by atoms with van der Waals surface area (Å²) in [6.45, 7) is 4.21. The van der Waals surface area contributed by atoms with Crippen molar-refractivity contribution < 1.29 is 9.53 Å². The van der Waals surface area contributed by atoms with E-state index in [9.17, 15) is 4.79 Å². The molecule has 15 heavy (non-hydrogen) atoms. The number of carbonyl (C=O) groups excluding carboxylic acids is 1. The van der Waals surface area contributed by atoms with E-state index in [1.165, 1.54) is 24.8 Å². The predicted octanol–water partition coefficient (Wildman–Crippen LogP) is 2.68. The summed E-state index contributed by atoms with van der Waals surface area (Å²) in [7, 11) is 0. The third-order valence-corrected chi connectivity index (χ3v) is 4.50. The predicted molar refractivity (Wildman–Crippen MR) is 57.2 cm³/mol. The largest absolute Gasteiger partial charge is 0.462 e. The van der Waals surface area contributed by atoms with Crippen LogP contribution in [0.2, 0.25) is 0 Å². The Kier molecular flexibility index (Phi) is 2.11. The molecule has 2 heteroatoms. The maximum absolute atomic E-state index is 11.3. The fourth-order valence-electron chi connectivity index (χ4n) is 3.71. The van der Waals surface area contributed by atoms with Gasteiger partial charge >= 0.3 is 5.97 Å². The second-order valence-electron chi connectivity index (χ2n) is 5.38. The summed E-state index contributed by atoms with van der Waals surface area (Å²) in [6.07, 6.45) is 6.94. The number of esters is 1. The molecule has 2 saturated carbocycles. The fraction of sp³-hybridized carbons (Fsp3) is 0.769. The summed E-state index contributed by atoms with van der Waals surface area (Å²) < 4.78 is 5.38. The van der Waals surface area contributed by atoms with Crippen LogP contribution in [-0.2, 0) is 9.53 Å². The van der Waals surface area contributed by atoms with E-state index in [0.717, 1.165) is 18.8 Å². The first-order chi connectivity index (χ1) is 7.24. The van der Waals surface area contributed by atoms with E-state index >= 15 is 0 Å². The van der Waals surface area contributed by atoms with E-state index in [-0.39, 0.29) is 12.1 Å². The van der Waals surface area contributed by atoms with E-state index in [4.69, 9.17) is 4.74 Å². The highest BCUT2D eigenvalue weighted by Crippen LogP contribution is 2.48. The quantitative estimate of drug-likeness (QED) is 0.450. The molecular formula is C13H18O2. The SMILES string of the molecule is C=C1CCCC2CC3OC(=O)CC3CC12. The highest BCUT2D eigenvalue weighted by molar-refractivity contribution is 5.72. The average molecular weight is 206 g/mol. The Morgan fingerprint density at radius 1 is 1.27 bits per heavy atom. The molecule has 1 heterocycles. The lowest BCUT2D eigenvalue weighted by atomic mass is 9.65. The second kappa shape index (κ2) is 3.36. The molecule has 0 aromatic heterocycles. The first-order valence-corrected chi connectivity index (χ1v) is 6.11. The first kappa shape index (κ1) is 9.44. The van der Waals surface area contributed by atoms with Crippen molar-refractivity contribution in [1.82, 2.24) is 0 Å². The molecule has 2 aliphatic carbocycles. The zero-order chi connectivity index (χ0) is 10.4. The molecule has 82 valence electrons. The van der Waals surface area contributed by atoms with Gasteiger partial charge < -0.3 is 4.74 Å². The van der Waals surface area contributed by atoms with Crippen molar-refractivity contribution >= 4 is 5.97 Å². The van der Waals surface area contributed by atoms with E-state index in [2.05, 4.69) is 6.58 Å². The van der Waals surface area contributed by atoms with Gasteiger partial charge in [0.2, 0.25) is 0 Å². The van der Waals surface area contributed by atoms with Crippen molar-refractivity contribution in [3.8, 4) is 0 Å². The van der Waals surface area contributed by atoms with Gasteiger partial charge in [-0.2, -0.15) is 0 Å². The lowest BCUT2D eigenvalue weighted by Gasteiger charge is -2.41. The molecule has 0 aromatic carbocycles. The zero-order valence-electron chi connectivity index (χ0n) is 9.08. The highest BCUT2D eigenvalue weighted by atomic mass is 16.5. The summed E-state index contributed by atoms with van der Waals surface area (Å²) in [5.41, 5.74) is 1.43. The third-order valence-electron chi connectivity index (χ3n) is 4.50. The van der Waals surface area contributed by atoms with Gasteiger partial charge in [0, 0.05) is 5.92 Å². The summed E-state index contributed by atoms with van der Waals surface area (Å²) in [6, 6.07) is 0. The van der Waals surface area contributed by atoms with Crippen molar-refractivity contribution in [2.24, 2.45) is 17.8 Å². The lowest BCUT2D eigenvalue weighted by Crippen LogP contribution is -2.35. The Labute approximate surface area is 90.7 Å². The molecule has 1 saturated heterocycles. The molecule has 4 atom stereocenters. The van der Waals surface area contributed by atoms with Crippen LogP contribution in [0.1, 0.15) is 38.5 Å². The molecule has 0 amide bonds. The number of hydrogen-bond donors (Lipinski definition) is 0. The normalized spacial score (nSPS) is 44.5. The van der Waals surface area contributed by atoms with Crippen molar-refractivity contribution in [3.05, 3.63) is 12.2 Å². The van der Waals surface area contributed by atoms with Crippen LogP contribution in [0, 0.1) is 17.8 Å². The molecule has 4 unspecified atom stereocenters. The van der Waals surface area contributed by atoms with Gasteiger partial charge in [-0.25, -0.2) is 0 Å². The molecule has 0 bridgehead atoms. The molecule has 3 aliphatic rings. The van der Waals surface area contributed by atoms with Gasteiger partial charge in [-0.3, -0.25) is 4.79 Å². The van der Waals surface area contributed by atoms with E-state index in [1.807, 2.05) is 0 Å². The highest BCUT2D eigenvalue weighted by Gasteiger charge is 2.45. The van der Waals surface area contributed by atoms with Gasteiger partial charge in [0.15, 0.2) is 0 Å². The Balaban J connectivity index is 1.78. The lowest BCUT2D eigenvalue weighted by molar-refractivity contribution is -0.142. The number of fused-ring (bicyclic) bond motifs is 2. The molecule has 0 spiro atoms. The van der Waals surface area contributed by atoms with Gasteiger partial charge in [-0.1, -0.05) is 12.2 Å². The maximum atomic E-state index is 11.3. The zero-order valence-corrected chi connectivity index (χ0v) is 9.08. The molecule has 3 fully saturated rings. The van der Waals surface area contributed by atoms with E-state index in [0.29, 0.717) is 18.3 Å². The summed E-state index contributed by atoms with van der Waals surface area (Å²) >= 11 is 0. The van der Waals surface area contributed by atoms with Gasteiger partial charge in [0.25, 0.3) is 0 Å². The maximum Gasteiger partial charge on any atom is 0.306 e. The molecule has 0 radical (unpaired) electrons. The van der Waals surface area contributed by atoms with Crippen molar-refractivity contribution in [1.29, 1.82) is 0 Å². The monoisotopic (exact) mass is 206 g/mol. The number of rotatable bonds is 0. The van der Waals surface area contributed by atoms with Crippen LogP contribution in [0.4, 0.5) is 0 Å². The Hall–Kier alpha value is -0.790. The van der Waals surface area contributed by atoms with E-state index < -0.39 is 0 Å². The van der Waals surface area contributed by atoms with Crippen LogP contribution in [0.15, 0.2) is 12.2 Å². The fourth-order valence-corrected chi connectivity index (χ4v) is 3.71. The van der Waals surface area contributed by atoms with Crippen molar-refractivity contribution in [3.63, 3.8) is 0 Å². The topological polar surface area (TPSA) is 26.3 Å². The Morgan fingerprint density at radius 3 is 3.00 bits per heavy atom. The van der Waals surface area contributed by atoms with E-state index in [1.54, 1.807) is 0 Å². The smallest absolute Gasteiger partial charge is 0.306 e. The molecule has 0 N–H and O–H groups in total. The number of hydrogen-bond acceptors (Lipinski definition) is 2. The molecule has 3 rings (SSSR count).